The highest BCUT2D eigenvalue weighted by molar-refractivity contribution is 6.29. The molecule has 0 bridgehead atoms. The van der Waals surface area contributed by atoms with Gasteiger partial charge < -0.3 is 10.6 Å². The molecule has 0 aromatic carbocycles. The summed E-state index contributed by atoms with van der Waals surface area (Å²) < 4.78 is 0. The summed E-state index contributed by atoms with van der Waals surface area (Å²) in [4.78, 5) is 0. The maximum absolute atomic E-state index is 5.94. The Morgan fingerprint density at radius 1 is 1.67 bits per heavy atom. The van der Waals surface area contributed by atoms with Crippen molar-refractivity contribution in [3.05, 3.63) is 22.9 Å². The lowest BCUT2D eigenvalue weighted by atomic mass is 10.2. The second-order valence-corrected chi connectivity index (χ2v) is 3.18. The van der Waals surface area contributed by atoms with Crippen LogP contribution in [0.5, 0.6) is 0 Å². The summed E-state index contributed by atoms with van der Waals surface area (Å²) in [7, 11) is 0. The summed E-state index contributed by atoms with van der Waals surface area (Å²) in [5.74, 6) is 0. The first-order valence-electron chi connectivity index (χ1n) is 4.34. The minimum absolute atomic E-state index is 0.779. The van der Waals surface area contributed by atoms with Gasteiger partial charge in [0.05, 0.1) is 0 Å². The standard InChI is InChI=1S/C9H15ClN2/c1-2-5-11-7-8-4-3-6-12-9(8)10/h3-4,11-12H,2,5-7H2,1H3. The van der Waals surface area contributed by atoms with E-state index in [-0.39, 0.29) is 0 Å². The molecule has 1 heterocycles. The fourth-order valence-corrected chi connectivity index (χ4v) is 1.28. The Morgan fingerprint density at radius 3 is 3.17 bits per heavy atom. The molecule has 0 saturated heterocycles. The van der Waals surface area contributed by atoms with Crippen molar-refractivity contribution in [2.24, 2.45) is 0 Å². The predicted molar refractivity (Wildman–Crippen MR) is 53.2 cm³/mol. The Balaban J connectivity index is 2.34. The minimum Gasteiger partial charge on any atom is -0.372 e. The number of dihydropyridines is 1. The monoisotopic (exact) mass is 186 g/mol. The SMILES string of the molecule is CCCNCC1=C(Cl)NCC=C1. The second kappa shape index (κ2) is 5.22. The van der Waals surface area contributed by atoms with Gasteiger partial charge in [0, 0.05) is 18.7 Å². The minimum atomic E-state index is 0.779. The van der Waals surface area contributed by atoms with Gasteiger partial charge in [-0.05, 0) is 13.0 Å². The van der Waals surface area contributed by atoms with Crippen LogP contribution < -0.4 is 10.6 Å². The van der Waals surface area contributed by atoms with Crippen LogP contribution in [0.4, 0.5) is 0 Å². The Hall–Kier alpha value is -0.470. The molecule has 0 amide bonds. The highest BCUT2D eigenvalue weighted by Crippen LogP contribution is 2.10. The van der Waals surface area contributed by atoms with Crippen LogP contribution in [0.25, 0.3) is 0 Å². The molecule has 0 spiro atoms. The summed E-state index contributed by atoms with van der Waals surface area (Å²) in [5.41, 5.74) is 1.15. The van der Waals surface area contributed by atoms with Gasteiger partial charge in [-0.1, -0.05) is 30.7 Å². The Labute approximate surface area is 78.7 Å². The van der Waals surface area contributed by atoms with Gasteiger partial charge in [-0.25, -0.2) is 0 Å². The summed E-state index contributed by atoms with van der Waals surface area (Å²) in [5, 5.41) is 7.16. The van der Waals surface area contributed by atoms with Gasteiger partial charge in [-0.2, -0.15) is 0 Å². The van der Waals surface area contributed by atoms with Crippen molar-refractivity contribution in [3.63, 3.8) is 0 Å². The first kappa shape index (κ1) is 9.62. The van der Waals surface area contributed by atoms with Crippen LogP contribution in [0.3, 0.4) is 0 Å². The van der Waals surface area contributed by atoms with Crippen molar-refractivity contribution in [2.75, 3.05) is 19.6 Å². The maximum atomic E-state index is 5.94. The summed E-state index contributed by atoms with van der Waals surface area (Å²) in [6, 6.07) is 0. The lowest BCUT2D eigenvalue weighted by Gasteiger charge is -2.12. The Bertz CT molecular complexity index is 197. The molecule has 3 heteroatoms. The van der Waals surface area contributed by atoms with E-state index in [1.807, 2.05) is 0 Å². The number of hydrogen-bond acceptors (Lipinski definition) is 2. The summed E-state index contributed by atoms with van der Waals surface area (Å²) in [6.07, 6.45) is 5.30. The largest absolute Gasteiger partial charge is 0.372 e. The van der Waals surface area contributed by atoms with Crippen molar-refractivity contribution in [3.8, 4) is 0 Å². The number of nitrogens with one attached hydrogen (secondary N) is 2. The van der Waals surface area contributed by atoms with Gasteiger partial charge in [-0.3, -0.25) is 0 Å². The lowest BCUT2D eigenvalue weighted by molar-refractivity contribution is 0.712. The van der Waals surface area contributed by atoms with E-state index < -0.39 is 0 Å². The van der Waals surface area contributed by atoms with E-state index in [2.05, 4.69) is 29.7 Å². The molecule has 0 atom stereocenters. The predicted octanol–water partition coefficient (Wildman–Crippen LogP) is 1.60. The highest BCUT2D eigenvalue weighted by atomic mass is 35.5. The molecule has 1 aliphatic heterocycles. The van der Waals surface area contributed by atoms with Crippen LogP contribution in [0.15, 0.2) is 22.9 Å². The van der Waals surface area contributed by atoms with Gasteiger partial charge in [-0.15, -0.1) is 0 Å². The number of hydrogen-bond donors (Lipinski definition) is 2. The second-order valence-electron chi connectivity index (χ2n) is 2.80. The van der Waals surface area contributed by atoms with E-state index in [0.717, 1.165) is 36.8 Å². The molecule has 12 heavy (non-hydrogen) atoms. The molecule has 1 aliphatic rings. The van der Waals surface area contributed by atoms with Crippen molar-refractivity contribution in [1.29, 1.82) is 0 Å². The fraction of sp³-hybridized carbons (Fsp3) is 0.556. The van der Waals surface area contributed by atoms with Crippen LogP contribution in [-0.4, -0.2) is 19.6 Å². The zero-order valence-corrected chi connectivity index (χ0v) is 8.12. The molecule has 0 radical (unpaired) electrons. The van der Waals surface area contributed by atoms with Gasteiger partial charge in [0.1, 0.15) is 5.16 Å². The molecular formula is C9H15ClN2. The summed E-state index contributed by atoms with van der Waals surface area (Å²) in [6.45, 7) is 4.89. The molecule has 2 nitrogen and oxygen atoms in total. The Morgan fingerprint density at radius 2 is 2.50 bits per heavy atom. The molecule has 0 fully saturated rings. The third-order valence-electron chi connectivity index (χ3n) is 1.72. The van der Waals surface area contributed by atoms with Crippen molar-refractivity contribution in [1.82, 2.24) is 10.6 Å². The number of rotatable bonds is 4. The molecule has 1 rings (SSSR count). The van der Waals surface area contributed by atoms with Gasteiger partial charge in [0.15, 0.2) is 0 Å². The molecule has 68 valence electrons. The normalized spacial score (nSPS) is 16.5. The van der Waals surface area contributed by atoms with Crippen molar-refractivity contribution in [2.45, 2.75) is 13.3 Å². The van der Waals surface area contributed by atoms with Gasteiger partial charge >= 0.3 is 0 Å². The lowest BCUT2D eigenvalue weighted by Crippen LogP contribution is -2.23. The molecule has 0 unspecified atom stereocenters. The van der Waals surface area contributed by atoms with E-state index in [9.17, 15) is 0 Å². The molecule has 0 aromatic rings. The van der Waals surface area contributed by atoms with E-state index in [4.69, 9.17) is 11.6 Å². The first-order chi connectivity index (χ1) is 5.84. The molecule has 0 aliphatic carbocycles. The zero-order valence-electron chi connectivity index (χ0n) is 7.36. The van der Waals surface area contributed by atoms with E-state index >= 15 is 0 Å². The smallest absolute Gasteiger partial charge is 0.107 e. The van der Waals surface area contributed by atoms with Crippen LogP contribution in [-0.2, 0) is 0 Å². The quantitative estimate of drug-likeness (QED) is 0.515. The van der Waals surface area contributed by atoms with Gasteiger partial charge in [0.2, 0.25) is 0 Å². The van der Waals surface area contributed by atoms with Crippen molar-refractivity contribution >= 4 is 11.6 Å². The third kappa shape index (κ3) is 2.88. The van der Waals surface area contributed by atoms with E-state index in [1.54, 1.807) is 0 Å². The van der Waals surface area contributed by atoms with Crippen LogP contribution in [0, 0.1) is 0 Å². The Kier molecular flexibility index (Phi) is 4.19. The molecule has 0 saturated carbocycles. The fourth-order valence-electron chi connectivity index (χ4n) is 1.07. The van der Waals surface area contributed by atoms with E-state index in [1.165, 1.54) is 0 Å². The average Bonchev–Trinajstić information content (AvgIpc) is 2.09. The average molecular weight is 187 g/mol. The highest BCUT2D eigenvalue weighted by Gasteiger charge is 2.03. The van der Waals surface area contributed by atoms with Crippen LogP contribution in [0.1, 0.15) is 13.3 Å². The molecule has 2 N–H and O–H groups in total. The number of halogens is 1. The zero-order chi connectivity index (χ0) is 8.81. The van der Waals surface area contributed by atoms with Gasteiger partial charge in [0.25, 0.3) is 0 Å². The maximum Gasteiger partial charge on any atom is 0.107 e. The van der Waals surface area contributed by atoms with Crippen molar-refractivity contribution < 1.29 is 0 Å². The van der Waals surface area contributed by atoms with E-state index in [0.29, 0.717) is 0 Å². The topological polar surface area (TPSA) is 24.1 Å². The van der Waals surface area contributed by atoms with Crippen LogP contribution >= 0.6 is 11.6 Å². The molecule has 0 aromatic heterocycles. The summed E-state index contributed by atoms with van der Waals surface area (Å²) >= 11 is 5.94. The first-order valence-corrected chi connectivity index (χ1v) is 4.72. The third-order valence-corrected chi connectivity index (χ3v) is 2.09. The van der Waals surface area contributed by atoms with Crippen LogP contribution in [0.2, 0.25) is 0 Å². The molecular weight excluding hydrogens is 172 g/mol.